The number of hydrogen-bond donors (Lipinski definition) is 0. The van der Waals surface area contributed by atoms with E-state index in [-0.39, 0.29) is 0 Å². The molecule has 0 radical (unpaired) electrons. The predicted octanol–water partition coefficient (Wildman–Crippen LogP) is 3.24. The van der Waals surface area contributed by atoms with E-state index in [4.69, 9.17) is 4.74 Å². The molecule has 4 heteroatoms. The van der Waals surface area contributed by atoms with Crippen LogP contribution in [0.1, 0.15) is 26.2 Å². The molecule has 0 aliphatic carbocycles. The molecule has 1 fully saturated rings. The zero-order valence-corrected chi connectivity index (χ0v) is 11.8. The molecule has 0 spiro atoms. The van der Waals surface area contributed by atoms with Gasteiger partial charge in [-0.25, -0.2) is 4.98 Å². The highest BCUT2D eigenvalue weighted by atomic mass is 79.9. The average molecular weight is 299 g/mol. The van der Waals surface area contributed by atoms with E-state index in [1.165, 1.54) is 12.8 Å². The van der Waals surface area contributed by atoms with Crippen LogP contribution in [0.4, 0.5) is 5.82 Å². The molecule has 2 heterocycles. The molecule has 0 bridgehead atoms. The standard InChI is InChI=1S/C13H19BrN2O/c1-2-9-17-11-5-4-8-16(10-11)13-12(14)6-3-7-15-13/h3,6-7,11H,2,4-5,8-10H2,1H3. The van der Waals surface area contributed by atoms with E-state index in [1.807, 2.05) is 18.3 Å². The van der Waals surface area contributed by atoms with Crippen LogP contribution < -0.4 is 4.90 Å². The van der Waals surface area contributed by atoms with Gasteiger partial charge in [0, 0.05) is 25.9 Å². The van der Waals surface area contributed by atoms with Crippen molar-refractivity contribution in [1.82, 2.24) is 4.98 Å². The van der Waals surface area contributed by atoms with Gasteiger partial charge in [-0.2, -0.15) is 0 Å². The van der Waals surface area contributed by atoms with E-state index < -0.39 is 0 Å². The number of rotatable bonds is 4. The molecule has 1 saturated heterocycles. The first-order chi connectivity index (χ1) is 8.31. The molecule has 0 aromatic carbocycles. The third kappa shape index (κ3) is 3.42. The lowest BCUT2D eigenvalue weighted by Gasteiger charge is -2.33. The van der Waals surface area contributed by atoms with E-state index in [2.05, 4.69) is 32.7 Å². The quantitative estimate of drug-likeness (QED) is 0.853. The monoisotopic (exact) mass is 298 g/mol. The molecule has 1 aliphatic heterocycles. The number of halogens is 1. The largest absolute Gasteiger partial charge is 0.376 e. The molecule has 1 atom stereocenters. The third-order valence-corrected chi connectivity index (χ3v) is 3.59. The van der Waals surface area contributed by atoms with E-state index in [9.17, 15) is 0 Å². The molecule has 3 nitrogen and oxygen atoms in total. The SMILES string of the molecule is CCCOC1CCCN(c2ncccc2Br)C1. The van der Waals surface area contributed by atoms with Crippen LogP contribution >= 0.6 is 15.9 Å². The van der Waals surface area contributed by atoms with Gasteiger partial charge in [0.2, 0.25) is 0 Å². The molecule has 2 rings (SSSR count). The van der Waals surface area contributed by atoms with Gasteiger partial charge in [-0.1, -0.05) is 6.92 Å². The molecule has 1 aromatic rings. The van der Waals surface area contributed by atoms with Gasteiger partial charge in [0.25, 0.3) is 0 Å². The van der Waals surface area contributed by atoms with Gasteiger partial charge in [-0.05, 0) is 47.3 Å². The Bertz CT molecular complexity index is 359. The Morgan fingerprint density at radius 1 is 1.59 bits per heavy atom. The Balaban J connectivity index is 1.99. The topological polar surface area (TPSA) is 25.4 Å². The summed E-state index contributed by atoms with van der Waals surface area (Å²) in [5.41, 5.74) is 0. The van der Waals surface area contributed by atoms with Crippen molar-refractivity contribution in [3.8, 4) is 0 Å². The summed E-state index contributed by atoms with van der Waals surface area (Å²) >= 11 is 3.56. The lowest BCUT2D eigenvalue weighted by atomic mass is 10.1. The Morgan fingerprint density at radius 2 is 2.47 bits per heavy atom. The van der Waals surface area contributed by atoms with E-state index >= 15 is 0 Å². The van der Waals surface area contributed by atoms with Gasteiger partial charge in [0.05, 0.1) is 10.6 Å². The molecule has 1 aliphatic rings. The summed E-state index contributed by atoms with van der Waals surface area (Å²) in [7, 11) is 0. The number of pyridine rings is 1. The van der Waals surface area contributed by atoms with Crippen LogP contribution in [-0.4, -0.2) is 30.8 Å². The molecular formula is C13H19BrN2O. The van der Waals surface area contributed by atoms with Crippen LogP contribution in [0.3, 0.4) is 0 Å². The average Bonchev–Trinajstić information content (AvgIpc) is 2.37. The fourth-order valence-corrected chi connectivity index (χ4v) is 2.67. The number of ether oxygens (including phenoxy) is 1. The minimum atomic E-state index is 0.359. The maximum Gasteiger partial charge on any atom is 0.142 e. The predicted molar refractivity (Wildman–Crippen MR) is 73.4 cm³/mol. The maximum absolute atomic E-state index is 5.84. The summed E-state index contributed by atoms with van der Waals surface area (Å²) in [4.78, 5) is 6.75. The Labute approximate surface area is 111 Å². The number of anilines is 1. The molecular weight excluding hydrogens is 280 g/mol. The van der Waals surface area contributed by atoms with Crippen molar-refractivity contribution in [2.24, 2.45) is 0 Å². The van der Waals surface area contributed by atoms with Gasteiger partial charge < -0.3 is 9.64 Å². The van der Waals surface area contributed by atoms with Crippen LogP contribution in [0.15, 0.2) is 22.8 Å². The minimum Gasteiger partial charge on any atom is -0.376 e. The van der Waals surface area contributed by atoms with Crippen LogP contribution in [-0.2, 0) is 4.74 Å². The van der Waals surface area contributed by atoms with Crippen LogP contribution in [0, 0.1) is 0 Å². The summed E-state index contributed by atoms with van der Waals surface area (Å²) in [5, 5.41) is 0. The smallest absolute Gasteiger partial charge is 0.142 e. The van der Waals surface area contributed by atoms with Crippen molar-refractivity contribution < 1.29 is 4.74 Å². The van der Waals surface area contributed by atoms with Crippen LogP contribution in [0.2, 0.25) is 0 Å². The molecule has 94 valence electrons. The summed E-state index contributed by atoms with van der Waals surface area (Å²) in [6.45, 7) is 5.04. The van der Waals surface area contributed by atoms with E-state index in [0.29, 0.717) is 6.10 Å². The van der Waals surface area contributed by atoms with Crippen molar-refractivity contribution >= 4 is 21.7 Å². The number of nitrogens with zero attached hydrogens (tertiary/aromatic N) is 2. The Morgan fingerprint density at radius 3 is 3.24 bits per heavy atom. The second kappa shape index (κ2) is 6.36. The summed E-state index contributed by atoms with van der Waals surface area (Å²) < 4.78 is 6.90. The van der Waals surface area contributed by atoms with Gasteiger partial charge in [0.15, 0.2) is 0 Å². The summed E-state index contributed by atoms with van der Waals surface area (Å²) in [5.74, 6) is 1.04. The second-order valence-electron chi connectivity index (χ2n) is 4.39. The van der Waals surface area contributed by atoms with Crippen molar-refractivity contribution in [1.29, 1.82) is 0 Å². The van der Waals surface area contributed by atoms with Crippen molar-refractivity contribution in [2.75, 3.05) is 24.6 Å². The first kappa shape index (κ1) is 12.8. The third-order valence-electron chi connectivity index (χ3n) is 2.97. The van der Waals surface area contributed by atoms with Crippen molar-refractivity contribution in [2.45, 2.75) is 32.3 Å². The molecule has 1 aromatic heterocycles. The highest BCUT2D eigenvalue weighted by Crippen LogP contribution is 2.26. The van der Waals surface area contributed by atoms with Crippen molar-refractivity contribution in [3.63, 3.8) is 0 Å². The summed E-state index contributed by atoms with van der Waals surface area (Å²) in [6.07, 6.45) is 5.64. The number of aromatic nitrogens is 1. The highest BCUT2D eigenvalue weighted by molar-refractivity contribution is 9.10. The first-order valence-electron chi connectivity index (χ1n) is 6.28. The lowest BCUT2D eigenvalue weighted by Crippen LogP contribution is -2.40. The zero-order valence-electron chi connectivity index (χ0n) is 10.2. The molecule has 17 heavy (non-hydrogen) atoms. The summed E-state index contributed by atoms with van der Waals surface area (Å²) in [6, 6.07) is 3.99. The van der Waals surface area contributed by atoms with Gasteiger partial charge in [-0.15, -0.1) is 0 Å². The fraction of sp³-hybridized carbons (Fsp3) is 0.615. The Hall–Kier alpha value is -0.610. The molecule has 0 saturated carbocycles. The number of hydrogen-bond acceptors (Lipinski definition) is 3. The molecule has 0 N–H and O–H groups in total. The van der Waals surface area contributed by atoms with Crippen molar-refractivity contribution in [3.05, 3.63) is 22.8 Å². The van der Waals surface area contributed by atoms with E-state index in [1.54, 1.807) is 0 Å². The van der Waals surface area contributed by atoms with Crippen LogP contribution in [0.5, 0.6) is 0 Å². The normalized spacial score (nSPS) is 20.6. The van der Waals surface area contributed by atoms with Crippen LogP contribution in [0.25, 0.3) is 0 Å². The zero-order chi connectivity index (χ0) is 12.1. The Kier molecular flexibility index (Phi) is 4.80. The fourth-order valence-electron chi connectivity index (χ4n) is 2.16. The van der Waals surface area contributed by atoms with Gasteiger partial charge in [-0.3, -0.25) is 0 Å². The second-order valence-corrected chi connectivity index (χ2v) is 5.24. The maximum atomic E-state index is 5.84. The first-order valence-corrected chi connectivity index (χ1v) is 7.07. The van der Waals surface area contributed by atoms with Gasteiger partial charge >= 0.3 is 0 Å². The number of piperidine rings is 1. The molecule has 1 unspecified atom stereocenters. The lowest BCUT2D eigenvalue weighted by molar-refractivity contribution is 0.0439. The van der Waals surface area contributed by atoms with Gasteiger partial charge in [0.1, 0.15) is 5.82 Å². The molecule has 0 amide bonds. The minimum absolute atomic E-state index is 0.359. The highest BCUT2D eigenvalue weighted by Gasteiger charge is 2.22. The van der Waals surface area contributed by atoms with E-state index in [0.717, 1.165) is 36.4 Å².